The van der Waals surface area contributed by atoms with Gasteiger partial charge in [-0.1, -0.05) is 19.1 Å². The average molecular weight is 422 g/mol. The number of benzene rings is 1. The number of likely N-dealkylation sites (tertiary alicyclic amines) is 2. The summed E-state index contributed by atoms with van der Waals surface area (Å²) >= 11 is 0. The van der Waals surface area contributed by atoms with Crippen molar-refractivity contribution in [2.75, 3.05) is 33.3 Å². The maximum atomic E-state index is 13.3. The number of carbonyl (C=O) groups is 1. The largest absolute Gasteiger partial charge is 0.497 e. The molecule has 4 rings (SSSR count). The molecular weight excluding hydrogens is 386 g/mol. The van der Waals surface area contributed by atoms with Crippen LogP contribution in [0.5, 0.6) is 5.75 Å². The Kier molecular flexibility index (Phi) is 6.91. The van der Waals surface area contributed by atoms with Gasteiger partial charge in [-0.05, 0) is 81.4 Å². The first kappa shape index (κ1) is 21.8. The van der Waals surface area contributed by atoms with E-state index in [0.29, 0.717) is 5.92 Å². The summed E-state index contributed by atoms with van der Waals surface area (Å²) in [7, 11) is 1.70. The van der Waals surface area contributed by atoms with Crippen molar-refractivity contribution in [3.63, 3.8) is 0 Å². The third kappa shape index (κ3) is 5.27. The average Bonchev–Trinajstić information content (AvgIpc) is 2.80. The molecule has 5 heteroatoms. The van der Waals surface area contributed by atoms with Crippen molar-refractivity contribution < 1.29 is 9.53 Å². The van der Waals surface area contributed by atoms with Crippen LogP contribution in [-0.2, 0) is 6.54 Å². The van der Waals surface area contributed by atoms with Crippen LogP contribution in [0.4, 0.5) is 0 Å². The molecule has 0 N–H and O–H groups in total. The van der Waals surface area contributed by atoms with Crippen molar-refractivity contribution in [1.82, 2.24) is 14.8 Å². The van der Waals surface area contributed by atoms with Crippen LogP contribution in [0.2, 0.25) is 0 Å². The van der Waals surface area contributed by atoms with E-state index in [1.165, 1.54) is 5.56 Å². The monoisotopic (exact) mass is 421 g/mol. The van der Waals surface area contributed by atoms with Gasteiger partial charge in [-0.3, -0.25) is 14.7 Å². The highest BCUT2D eigenvalue weighted by Crippen LogP contribution is 2.31. The van der Waals surface area contributed by atoms with E-state index in [2.05, 4.69) is 24.0 Å². The molecule has 0 unspecified atom stereocenters. The van der Waals surface area contributed by atoms with E-state index >= 15 is 0 Å². The zero-order chi connectivity index (χ0) is 21.8. The first-order valence-electron chi connectivity index (χ1n) is 11.7. The molecule has 0 aliphatic carbocycles. The van der Waals surface area contributed by atoms with Gasteiger partial charge < -0.3 is 9.64 Å². The molecule has 2 fully saturated rings. The summed E-state index contributed by atoms with van der Waals surface area (Å²) < 4.78 is 5.26. The summed E-state index contributed by atoms with van der Waals surface area (Å²) in [4.78, 5) is 22.7. The van der Waals surface area contributed by atoms with Gasteiger partial charge in [-0.15, -0.1) is 0 Å². The number of aromatic nitrogens is 1. The molecule has 31 heavy (non-hydrogen) atoms. The molecule has 5 nitrogen and oxygen atoms in total. The number of hydrogen-bond acceptors (Lipinski definition) is 4. The van der Waals surface area contributed by atoms with Crippen LogP contribution < -0.4 is 4.74 Å². The molecule has 1 aromatic carbocycles. The highest BCUT2D eigenvalue weighted by molar-refractivity contribution is 5.95. The van der Waals surface area contributed by atoms with Gasteiger partial charge in [0.05, 0.1) is 18.4 Å². The molecule has 0 spiro atoms. The molecule has 2 saturated heterocycles. The second kappa shape index (κ2) is 9.82. The SMILES string of the molecule is COc1ccc(CN2CCC(c3nc(C)ccc3C(=O)N3CCC(C)CC3)CC2)cc1. The second-order valence-electron chi connectivity index (χ2n) is 9.26. The predicted octanol–water partition coefficient (Wildman–Crippen LogP) is 4.65. The predicted molar refractivity (Wildman–Crippen MR) is 124 cm³/mol. The molecule has 0 bridgehead atoms. The van der Waals surface area contributed by atoms with Crippen LogP contribution in [0.1, 0.15) is 65.8 Å². The fraction of sp³-hybridized carbons (Fsp3) is 0.538. The Morgan fingerprint density at radius 1 is 1.00 bits per heavy atom. The molecule has 2 aliphatic heterocycles. The number of nitrogens with zero attached hydrogens (tertiary/aromatic N) is 3. The molecule has 2 aliphatic rings. The highest BCUT2D eigenvalue weighted by atomic mass is 16.5. The third-order valence-electron chi connectivity index (χ3n) is 6.90. The number of piperidine rings is 2. The standard InChI is InChI=1S/C26H35N3O2/c1-19-10-16-29(17-11-19)26(30)24-9-4-20(2)27-25(24)22-12-14-28(15-13-22)18-21-5-7-23(31-3)8-6-21/h4-9,19,22H,10-18H2,1-3H3. The first-order chi connectivity index (χ1) is 15.0. The second-order valence-corrected chi connectivity index (χ2v) is 9.26. The zero-order valence-corrected chi connectivity index (χ0v) is 19.1. The molecule has 1 amide bonds. The van der Waals surface area contributed by atoms with Gasteiger partial charge in [0.25, 0.3) is 5.91 Å². The Morgan fingerprint density at radius 3 is 2.32 bits per heavy atom. The molecule has 0 radical (unpaired) electrons. The topological polar surface area (TPSA) is 45.7 Å². The smallest absolute Gasteiger partial charge is 0.255 e. The number of methoxy groups -OCH3 is 1. The van der Waals surface area contributed by atoms with E-state index in [4.69, 9.17) is 9.72 Å². The number of hydrogen-bond donors (Lipinski definition) is 0. The van der Waals surface area contributed by atoms with Crippen LogP contribution in [0.25, 0.3) is 0 Å². The Balaban J connectivity index is 1.41. The Morgan fingerprint density at radius 2 is 1.68 bits per heavy atom. The van der Waals surface area contributed by atoms with E-state index < -0.39 is 0 Å². The summed E-state index contributed by atoms with van der Waals surface area (Å²) in [6.07, 6.45) is 4.29. The highest BCUT2D eigenvalue weighted by Gasteiger charge is 2.29. The molecule has 0 saturated carbocycles. The van der Waals surface area contributed by atoms with Crippen molar-refractivity contribution in [1.29, 1.82) is 0 Å². The summed E-state index contributed by atoms with van der Waals surface area (Å²) in [5.74, 6) is 2.15. The maximum absolute atomic E-state index is 13.3. The lowest BCUT2D eigenvalue weighted by atomic mass is 9.89. The lowest BCUT2D eigenvalue weighted by molar-refractivity contribution is 0.0694. The lowest BCUT2D eigenvalue weighted by Crippen LogP contribution is -2.39. The van der Waals surface area contributed by atoms with E-state index in [1.54, 1.807) is 7.11 Å². The first-order valence-corrected chi connectivity index (χ1v) is 11.7. The van der Waals surface area contributed by atoms with Gasteiger partial charge in [0.2, 0.25) is 0 Å². The molecular formula is C26H35N3O2. The number of amides is 1. The minimum Gasteiger partial charge on any atom is -0.497 e. The van der Waals surface area contributed by atoms with Crippen molar-refractivity contribution in [2.24, 2.45) is 5.92 Å². The minimum absolute atomic E-state index is 0.176. The molecule has 0 atom stereocenters. The molecule has 166 valence electrons. The summed E-state index contributed by atoms with van der Waals surface area (Å²) in [5, 5.41) is 0. The zero-order valence-electron chi connectivity index (χ0n) is 19.1. The van der Waals surface area contributed by atoms with Crippen molar-refractivity contribution in [3.05, 3.63) is 58.9 Å². The van der Waals surface area contributed by atoms with Crippen LogP contribution >= 0.6 is 0 Å². The molecule has 1 aromatic heterocycles. The van der Waals surface area contributed by atoms with Crippen LogP contribution in [-0.4, -0.2) is 54.0 Å². The van der Waals surface area contributed by atoms with Crippen molar-refractivity contribution in [3.8, 4) is 5.75 Å². The fourth-order valence-corrected chi connectivity index (χ4v) is 4.80. The van der Waals surface area contributed by atoms with E-state index in [-0.39, 0.29) is 5.91 Å². The van der Waals surface area contributed by atoms with Gasteiger partial charge in [0.1, 0.15) is 5.75 Å². The Bertz CT molecular complexity index is 880. The van der Waals surface area contributed by atoms with Crippen molar-refractivity contribution in [2.45, 2.75) is 52.0 Å². The van der Waals surface area contributed by atoms with Crippen molar-refractivity contribution >= 4 is 5.91 Å². The Labute approximate surface area is 186 Å². The van der Waals surface area contributed by atoms with Gasteiger partial charge in [-0.2, -0.15) is 0 Å². The lowest BCUT2D eigenvalue weighted by Gasteiger charge is -2.34. The third-order valence-corrected chi connectivity index (χ3v) is 6.90. The summed E-state index contributed by atoms with van der Waals surface area (Å²) in [6.45, 7) is 9.05. The Hall–Kier alpha value is -2.40. The maximum Gasteiger partial charge on any atom is 0.255 e. The number of pyridine rings is 1. The minimum atomic E-state index is 0.176. The molecule has 2 aromatic rings. The number of aryl methyl sites for hydroxylation is 1. The molecule has 3 heterocycles. The van der Waals surface area contributed by atoms with Gasteiger partial charge in [-0.25, -0.2) is 0 Å². The van der Waals surface area contributed by atoms with Crippen LogP contribution in [0.15, 0.2) is 36.4 Å². The van der Waals surface area contributed by atoms with Crippen LogP contribution in [0.3, 0.4) is 0 Å². The normalized spacial score (nSPS) is 18.9. The van der Waals surface area contributed by atoms with E-state index in [0.717, 1.165) is 87.0 Å². The summed E-state index contributed by atoms with van der Waals surface area (Å²) in [6, 6.07) is 12.3. The number of ether oxygens (including phenoxy) is 1. The van der Waals surface area contributed by atoms with Gasteiger partial charge >= 0.3 is 0 Å². The van der Waals surface area contributed by atoms with E-state index in [9.17, 15) is 4.79 Å². The fourth-order valence-electron chi connectivity index (χ4n) is 4.80. The van der Waals surface area contributed by atoms with Crippen LogP contribution in [0, 0.1) is 12.8 Å². The number of rotatable bonds is 5. The number of carbonyl (C=O) groups excluding carboxylic acids is 1. The summed E-state index contributed by atoms with van der Waals surface area (Å²) in [5.41, 5.74) is 4.16. The van der Waals surface area contributed by atoms with Gasteiger partial charge in [0.15, 0.2) is 0 Å². The van der Waals surface area contributed by atoms with Gasteiger partial charge in [0, 0.05) is 31.2 Å². The quantitative estimate of drug-likeness (QED) is 0.705. The van der Waals surface area contributed by atoms with E-state index in [1.807, 2.05) is 36.1 Å².